The highest BCUT2D eigenvalue weighted by atomic mass is 19.3. The Labute approximate surface area is 136 Å². The Morgan fingerprint density at radius 3 is 2.29 bits per heavy atom. The average Bonchev–Trinajstić information content (AvgIpc) is 2.85. The van der Waals surface area contributed by atoms with E-state index in [4.69, 9.17) is 9.26 Å². The first kappa shape index (κ1) is 17.6. The van der Waals surface area contributed by atoms with Gasteiger partial charge in [-0.1, -0.05) is 5.16 Å². The number of aryl methyl sites for hydroxylation is 2. The van der Waals surface area contributed by atoms with Crippen LogP contribution in [-0.4, -0.2) is 29.6 Å². The van der Waals surface area contributed by atoms with E-state index < -0.39 is 24.5 Å². The van der Waals surface area contributed by atoms with Crippen LogP contribution in [-0.2, 0) is 4.74 Å². The van der Waals surface area contributed by atoms with Crippen LogP contribution in [0.5, 0.6) is 5.75 Å². The summed E-state index contributed by atoms with van der Waals surface area (Å²) in [6, 6.07) is 5.12. The highest BCUT2D eigenvalue weighted by Crippen LogP contribution is 2.18. The number of Topliss-reactive ketones (excluding diaryl/α,β-unsaturated/α-hetero) is 1. The molecule has 0 amide bonds. The largest absolute Gasteiger partial charge is 0.451 e. The number of ketones is 1. The molecule has 1 atom stereocenters. The summed E-state index contributed by atoms with van der Waals surface area (Å²) in [6.45, 7) is 1.62. The molecule has 0 saturated heterocycles. The third-order valence-corrected chi connectivity index (χ3v) is 3.25. The predicted octanol–water partition coefficient (Wildman–Crippen LogP) is 3.32. The third-order valence-electron chi connectivity index (χ3n) is 3.25. The highest BCUT2D eigenvalue weighted by Gasteiger charge is 2.25. The van der Waals surface area contributed by atoms with E-state index in [1.807, 2.05) is 0 Å². The second-order valence-corrected chi connectivity index (χ2v) is 5.01. The van der Waals surface area contributed by atoms with Crippen LogP contribution in [0.2, 0.25) is 0 Å². The topological polar surface area (TPSA) is 78.6 Å². The van der Waals surface area contributed by atoms with Crippen LogP contribution in [0, 0.1) is 13.8 Å². The van der Waals surface area contributed by atoms with E-state index in [1.54, 1.807) is 13.8 Å². The Morgan fingerprint density at radius 1 is 1.17 bits per heavy atom. The van der Waals surface area contributed by atoms with Crippen LogP contribution >= 0.6 is 0 Å². The van der Waals surface area contributed by atoms with Gasteiger partial charge in [-0.25, -0.2) is 4.79 Å². The summed E-state index contributed by atoms with van der Waals surface area (Å²) in [7, 11) is 0. The summed E-state index contributed by atoms with van der Waals surface area (Å²) >= 11 is 0. The molecule has 2 aromatic rings. The predicted molar refractivity (Wildman–Crippen MR) is 78.3 cm³/mol. The van der Waals surface area contributed by atoms with Gasteiger partial charge in [0, 0.05) is 5.56 Å². The summed E-state index contributed by atoms with van der Waals surface area (Å²) in [5.74, 6) is -0.962. The quantitative estimate of drug-likeness (QED) is 0.593. The van der Waals surface area contributed by atoms with Crippen LogP contribution in [0.1, 0.15) is 39.1 Å². The molecule has 0 bridgehead atoms. The Morgan fingerprint density at radius 2 is 1.79 bits per heavy atom. The van der Waals surface area contributed by atoms with Crippen molar-refractivity contribution in [2.75, 3.05) is 0 Å². The van der Waals surface area contributed by atoms with Crippen LogP contribution in [0.4, 0.5) is 8.78 Å². The monoisotopic (exact) mass is 339 g/mol. The lowest BCUT2D eigenvalue weighted by Crippen LogP contribution is -2.25. The second-order valence-electron chi connectivity index (χ2n) is 5.01. The van der Waals surface area contributed by atoms with E-state index in [0.29, 0.717) is 11.5 Å². The van der Waals surface area contributed by atoms with Crippen molar-refractivity contribution in [2.24, 2.45) is 0 Å². The molecule has 6 nitrogen and oxygen atoms in total. The number of benzene rings is 1. The molecule has 0 spiro atoms. The van der Waals surface area contributed by atoms with Crippen molar-refractivity contribution < 1.29 is 32.4 Å². The Kier molecular flexibility index (Phi) is 5.28. The maximum atomic E-state index is 12.2. The van der Waals surface area contributed by atoms with Gasteiger partial charge in [-0.2, -0.15) is 8.78 Å². The van der Waals surface area contributed by atoms with Crippen molar-refractivity contribution in [3.05, 3.63) is 46.8 Å². The zero-order valence-electron chi connectivity index (χ0n) is 13.2. The van der Waals surface area contributed by atoms with Gasteiger partial charge < -0.3 is 14.0 Å². The van der Waals surface area contributed by atoms with Crippen LogP contribution < -0.4 is 4.74 Å². The maximum Gasteiger partial charge on any atom is 0.387 e. The van der Waals surface area contributed by atoms with Crippen LogP contribution in [0.15, 0.2) is 28.8 Å². The molecule has 0 aliphatic carbocycles. The van der Waals surface area contributed by atoms with Crippen molar-refractivity contribution in [2.45, 2.75) is 33.5 Å². The maximum absolute atomic E-state index is 12.2. The zero-order valence-corrected chi connectivity index (χ0v) is 13.2. The smallest absolute Gasteiger partial charge is 0.387 e. The van der Waals surface area contributed by atoms with E-state index in [0.717, 1.165) is 0 Å². The first-order valence-electron chi connectivity index (χ1n) is 7.02. The Hall–Kier alpha value is -2.77. The number of nitrogens with zero attached hydrogens (tertiary/aromatic N) is 1. The number of rotatable bonds is 6. The van der Waals surface area contributed by atoms with E-state index in [9.17, 15) is 18.4 Å². The van der Waals surface area contributed by atoms with Gasteiger partial charge >= 0.3 is 12.6 Å². The molecule has 8 heteroatoms. The van der Waals surface area contributed by atoms with E-state index in [1.165, 1.54) is 31.2 Å². The van der Waals surface area contributed by atoms with E-state index in [-0.39, 0.29) is 16.9 Å². The van der Waals surface area contributed by atoms with Gasteiger partial charge in [0.1, 0.15) is 17.1 Å². The number of alkyl halides is 2. The first-order chi connectivity index (χ1) is 11.3. The summed E-state index contributed by atoms with van der Waals surface area (Å²) in [5, 5.41) is 3.64. The molecule has 1 aromatic heterocycles. The summed E-state index contributed by atoms with van der Waals surface area (Å²) in [4.78, 5) is 24.3. The van der Waals surface area contributed by atoms with Crippen molar-refractivity contribution in [1.29, 1.82) is 0 Å². The molecule has 0 saturated carbocycles. The van der Waals surface area contributed by atoms with Crippen molar-refractivity contribution in [3.8, 4) is 5.75 Å². The fraction of sp³-hybridized carbons (Fsp3) is 0.312. The number of carbonyl (C=O) groups is 2. The first-order valence-corrected chi connectivity index (χ1v) is 7.02. The number of hydrogen-bond donors (Lipinski definition) is 0. The average molecular weight is 339 g/mol. The van der Waals surface area contributed by atoms with E-state index in [2.05, 4.69) is 9.89 Å². The molecular formula is C16H15F2NO5. The normalized spacial score (nSPS) is 12.1. The number of esters is 1. The van der Waals surface area contributed by atoms with Gasteiger partial charge in [0.2, 0.25) is 5.78 Å². The summed E-state index contributed by atoms with van der Waals surface area (Å²) in [5.41, 5.74) is 0.747. The molecule has 2 rings (SSSR count). The fourth-order valence-corrected chi connectivity index (χ4v) is 2.08. The van der Waals surface area contributed by atoms with Gasteiger partial charge in [0.15, 0.2) is 6.10 Å². The van der Waals surface area contributed by atoms with Crippen LogP contribution in [0.25, 0.3) is 0 Å². The standard InChI is InChI=1S/C16H15F2NO5/c1-8-13(9(2)24-19-8)15(21)22-10(3)14(20)11-4-6-12(7-5-11)23-16(17)18/h4-7,10,16H,1-3H3/t10-/m1/s1. The van der Waals surface area contributed by atoms with Gasteiger partial charge in [-0.05, 0) is 45.0 Å². The van der Waals surface area contributed by atoms with Crippen LogP contribution in [0.3, 0.4) is 0 Å². The number of hydrogen-bond acceptors (Lipinski definition) is 6. The fourth-order valence-electron chi connectivity index (χ4n) is 2.08. The molecule has 0 N–H and O–H groups in total. The lowest BCUT2D eigenvalue weighted by atomic mass is 10.1. The lowest BCUT2D eigenvalue weighted by Gasteiger charge is -2.12. The second kappa shape index (κ2) is 7.20. The molecule has 0 fully saturated rings. The van der Waals surface area contributed by atoms with Crippen molar-refractivity contribution in [3.63, 3.8) is 0 Å². The van der Waals surface area contributed by atoms with Crippen molar-refractivity contribution in [1.82, 2.24) is 5.16 Å². The number of carbonyl (C=O) groups excluding carboxylic acids is 2. The third kappa shape index (κ3) is 3.95. The van der Waals surface area contributed by atoms with Gasteiger partial charge in [-0.15, -0.1) is 0 Å². The number of ether oxygens (including phenoxy) is 2. The minimum Gasteiger partial charge on any atom is -0.451 e. The SMILES string of the molecule is Cc1noc(C)c1C(=O)O[C@H](C)C(=O)c1ccc(OC(F)F)cc1. The van der Waals surface area contributed by atoms with Gasteiger partial charge in [0.25, 0.3) is 0 Å². The molecule has 0 unspecified atom stereocenters. The molecule has 0 radical (unpaired) electrons. The molecule has 0 aliphatic heterocycles. The van der Waals surface area contributed by atoms with E-state index >= 15 is 0 Å². The van der Waals surface area contributed by atoms with Gasteiger partial charge in [0.05, 0.1) is 5.69 Å². The molecule has 0 aliphatic rings. The number of halogens is 2. The molecule has 1 aromatic carbocycles. The number of aromatic nitrogens is 1. The summed E-state index contributed by atoms with van der Waals surface area (Å²) in [6.07, 6.45) is -1.06. The minimum atomic E-state index is -2.94. The Balaban J connectivity index is 2.05. The Bertz CT molecular complexity index is 720. The molecule has 128 valence electrons. The summed E-state index contributed by atoms with van der Waals surface area (Å²) < 4.78 is 38.4. The highest BCUT2D eigenvalue weighted by molar-refractivity contribution is 6.01. The van der Waals surface area contributed by atoms with Crippen molar-refractivity contribution >= 4 is 11.8 Å². The molecule has 1 heterocycles. The molecule has 24 heavy (non-hydrogen) atoms. The lowest BCUT2D eigenvalue weighted by molar-refractivity contribution is -0.0498. The minimum absolute atomic E-state index is 0.0677. The molecular weight excluding hydrogens is 324 g/mol. The van der Waals surface area contributed by atoms with Gasteiger partial charge in [-0.3, -0.25) is 4.79 Å². The zero-order chi connectivity index (χ0) is 17.9.